The molecule has 0 amide bonds. The summed E-state index contributed by atoms with van der Waals surface area (Å²) < 4.78 is 27.3. The van der Waals surface area contributed by atoms with Gasteiger partial charge in [0.05, 0.1) is 0 Å². The van der Waals surface area contributed by atoms with E-state index >= 15 is 0 Å². The Morgan fingerprint density at radius 2 is 2.10 bits per heavy atom. The fraction of sp³-hybridized carbons (Fsp3) is 0.733. The van der Waals surface area contributed by atoms with Crippen molar-refractivity contribution in [2.45, 2.75) is 57.5 Å². The standard InChI is InChI=1S/C15H26N2O2S2/c1-11(2)16-8-14-15(12(3)10-20-14)21(18,19)17(4)9-13-6-5-7-13/h10-11,13,16H,5-9H2,1-4H3. The zero-order chi connectivity index (χ0) is 15.6. The summed E-state index contributed by atoms with van der Waals surface area (Å²) in [5, 5.41) is 5.26. The molecule has 1 saturated carbocycles. The van der Waals surface area contributed by atoms with E-state index in [4.69, 9.17) is 0 Å². The summed E-state index contributed by atoms with van der Waals surface area (Å²) in [4.78, 5) is 1.43. The van der Waals surface area contributed by atoms with Crippen molar-refractivity contribution in [2.75, 3.05) is 13.6 Å². The van der Waals surface area contributed by atoms with Crippen molar-refractivity contribution in [2.24, 2.45) is 5.92 Å². The van der Waals surface area contributed by atoms with Crippen molar-refractivity contribution in [1.82, 2.24) is 9.62 Å². The molecular weight excluding hydrogens is 304 g/mol. The summed E-state index contributed by atoms with van der Waals surface area (Å²) in [6.07, 6.45) is 3.55. The highest BCUT2D eigenvalue weighted by Gasteiger charge is 2.30. The number of sulfonamides is 1. The van der Waals surface area contributed by atoms with Crippen LogP contribution >= 0.6 is 11.3 Å². The molecule has 0 atom stereocenters. The Morgan fingerprint density at radius 1 is 1.43 bits per heavy atom. The van der Waals surface area contributed by atoms with Crippen molar-refractivity contribution in [3.05, 3.63) is 15.8 Å². The minimum absolute atomic E-state index is 0.343. The van der Waals surface area contributed by atoms with E-state index in [1.165, 1.54) is 17.8 Å². The molecule has 1 aliphatic rings. The van der Waals surface area contributed by atoms with Crippen LogP contribution in [0.25, 0.3) is 0 Å². The molecule has 0 aliphatic heterocycles. The lowest BCUT2D eigenvalue weighted by atomic mass is 9.86. The van der Waals surface area contributed by atoms with Crippen LogP contribution in [-0.4, -0.2) is 32.4 Å². The first-order valence-corrected chi connectivity index (χ1v) is 9.91. The van der Waals surface area contributed by atoms with E-state index in [1.807, 2.05) is 12.3 Å². The van der Waals surface area contributed by atoms with Gasteiger partial charge in [-0.15, -0.1) is 11.3 Å². The molecule has 0 saturated heterocycles. The molecule has 0 aromatic carbocycles. The van der Waals surface area contributed by atoms with Gasteiger partial charge in [-0.1, -0.05) is 20.3 Å². The first-order valence-electron chi connectivity index (χ1n) is 7.59. The molecule has 0 unspecified atom stereocenters. The lowest BCUT2D eigenvalue weighted by Crippen LogP contribution is -2.35. The number of thiophene rings is 1. The van der Waals surface area contributed by atoms with E-state index in [9.17, 15) is 8.42 Å². The molecule has 1 fully saturated rings. The Kier molecular flexibility index (Phi) is 5.46. The number of nitrogens with one attached hydrogen (secondary N) is 1. The van der Waals surface area contributed by atoms with Gasteiger partial charge in [0.2, 0.25) is 10.0 Å². The third-order valence-electron chi connectivity index (χ3n) is 4.07. The minimum Gasteiger partial charge on any atom is -0.310 e. The highest BCUT2D eigenvalue weighted by molar-refractivity contribution is 7.89. The van der Waals surface area contributed by atoms with Crippen LogP contribution in [0.4, 0.5) is 0 Å². The molecule has 1 aliphatic carbocycles. The first-order chi connectivity index (χ1) is 9.82. The van der Waals surface area contributed by atoms with E-state index in [2.05, 4.69) is 19.2 Å². The van der Waals surface area contributed by atoms with Gasteiger partial charge in [0.15, 0.2) is 0 Å². The summed E-state index contributed by atoms with van der Waals surface area (Å²) in [6, 6.07) is 0.343. The average Bonchev–Trinajstić information content (AvgIpc) is 2.72. The molecule has 1 aromatic heterocycles. The molecule has 2 rings (SSSR count). The third-order valence-corrected chi connectivity index (χ3v) is 7.36. The Bertz CT molecular complexity index is 574. The summed E-state index contributed by atoms with van der Waals surface area (Å²) in [6.45, 7) is 7.28. The maximum absolute atomic E-state index is 12.9. The van der Waals surface area contributed by atoms with Crippen LogP contribution < -0.4 is 5.32 Å². The zero-order valence-electron chi connectivity index (χ0n) is 13.3. The predicted molar refractivity (Wildman–Crippen MR) is 88.2 cm³/mol. The lowest BCUT2D eigenvalue weighted by Gasteiger charge is -2.30. The van der Waals surface area contributed by atoms with Crippen molar-refractivity contribution in [3.8, 4) is 0 Å². The van der Waals surface area contributed by atoms with Crippen molar-refractivity contribution < 1.29 is 8.42 Å². The van der Waals surface area contributed by atoms with Crippen LogP contribution in [0.3, 0.4) is 0 Å². The largest absolute Gasteiger partial charge is 0.310 e. The van der Waals surface area contributed by atoms with Crippen LogP contribution in [0.5, 0.6) is 0 Å². The summed E-state index contributed by atoms with van der Waals surface area (Å²) in [5.41, 5.74) is 0.862. The molecule has 21 heavy (non-hydrogen) atoms. The topological polar surface area (TPSA) is 49.4 Å². The number of aryl methyl sites for hydroxylation is 1. The fourth-order valence-corrected chi connectivity index (χ4v) is 5.50. The number of nitrogens with zero attached hydrogens (tertiary/aromatic N) is 1. The Labute approximate surface area is 132 Å². The van der Waals surface area contributed by atoms with E-state index in [0.29, 0.717) is 29.9 Å². The number of hydrogen-bond acceptors (Lipinski definition) is 4. The second-order valence-electron chi connectivity index (χ2n) is 6.29. The van der Waals surface area contributed by atoms with Gasteiger partial charge in [0.25, 0.3) is 0 Å². The van der Waals surface area contributed by atoms with Gasteiger partial charge in [-0.3, -0.25) is 0 Å². The van der Waals surface area contributed by atoms with E-state index in [1.54, 1.807) is 11.4 Å². The van der Waals surface area contributed by atoms with E-state index < -0.39 is 10.0 Å². The smallest absolute Gasteiger partial charge is 0.244 e. The van der Waals surface area contributed by atoms with Crippen molar-refractivity contribution in [3.63, 3.8) is 0 Å². The SMILES string of the molecule is Cc1csc(CNC(C)C)c1S(=O)(=O)N(C)CC1CCC1. The van der Waals surface area contributed by atoms with Crippen LogP contribution in [0.2, 0.25) is 0 Å². The molecule has 4 nitrogen and oxygen atoms in total. The predicted octanol–water partition coefficient (Wildman–Crippen LogP) is 2.98. The van der Waals surface area contributed by atoms with Crippen LogP contribution in [0.1, 0.15) is 43.6 Å². The van der Waals surface area contributed by atoms with Crippen LogP contribution in [-0.2, 0) is 16.6 Å². The Balaban J connectivity index is 2.19. The summed E-state index contributed by atoms with van der Waals surface area (Å²) in [7, 11) is -1.66. The fourth-order valence-electron chi connectivity index (χ4n) is 2.55. The monoisotopic (exact) mass is 330 g/mol. The molecule has 120 valence electrons. The van der Waals surface area contributed by atoms with Crippen LogP contribution in [0.15, 0.2) is 10.3 Å². The maximum atomic E-state index is 12.9. The van der Waals surface area contributed by atoms with E-state index in [-0.39, 0.29) is 0 Å². The molecule has 0 radical (unpaired) electrons. The van der Waals surface area contributed by atoms with Crippen LogP contribution in [0, 0.1) is 12.8 Å². The van der Waals surface area contributed by atoms with Crippen molar-refractivity contribution in [1.29, 1.82) is 0 Å². The molecule has 1 aromatic rings. The van der Waals surface area contributed by atoms with Gasteiger partial charge in [0.1, 0.15) is 4.90 Å². The molecule has 0 bridgehead atoms. The lowest BCUT2D eigenvalue weighted by molar-refractivity contribution is 0.263. The van der Waals surface area contributed by atoms with Gasteiger partial charge in [-0.05, 0) is 36.6 Å². The number of rotatable bonds is 7. The third kappa shape index (κ3) is 3.86. The highest BCUT2D eigenvalue weighted by Crippen LogP contribution is 2.32. The minimum atomic E-state index is -3.37. The second kappa shape index (κ2) is 6.77. The van der Waals surface area contributed by atoms with Crippen molar-refractivity contribution >= 4 is 21.4 Å². The second-order valence-corrected chi connectivity index (χ2v) is 9.24. The first kappa shape index (κ1) is 16.9. The normalized spacial score (nSPS) is 16.7. The molecule has 0 spiro atoms. The zero-order valence-corrected chi connectivity index (χ0v) is 15.0. The van der Waals surface area contributed by atoms with Gasteiger partial charge < -0.3 is 5.32 Å². The molecule has 1 N–H and O–H groups in total. The Morgan fingerprint density at radius 3 is 2.62 bits per heavy atom. The number of hydrogen-bond donors (Lipinski definition) is 1. The van der Waals surface area contributed by atoms with Gasteiger partial charge >= 0.3 is 0 Å². The maximum Gasteiger partial charge on any atom is 0.244 e. The molecule has 6 heteroatoms. The Hall–Kier alpha value is -0.430. The quantitative estimate of drug-likeness (QED) is 0.836. The summed E-state index contributed by atoms with van der Waals surface area (Å²) >= 11 is 1.53. The highest BCUT2D eigenvalue weighted by atomic mass is 32.2. The molecular formula is C15H26N2O2S2. The van der Waals surface area contributed by atoms with Gasteiger partial charge in [0, 0.05) is 31.1 Å². The van der Waals surface area contributed by atoms with Gasteiger partial charge in [-0.25, -0.2) is 12.7 Å². The summed E-state index contributed by atoms with van der Waals surface area (Å²) in [5.74, 6) is 0.543. The van der Waals surface area contributed by atoms with E-state index in [0.717, 1.165) is 23.3 Å². The van der Waals surface area contributed by atoms with Gasteiger partial charge in [-0.2, -0.15) is 0 Å². The molecule has 1 heterocycles. The average molecular weight is 331 g/mol.